The molecule has 3 aliphatic rings. The Kier molecular flexibility index (Phi) is 8.02. The number of alkyl carbamates (subject to hydrolysis) is 1. The minimum atomic E-state index is -0.932. The minimum Gasteiger partial charge on any atom is -0.444 e. The van der Waals surface area contributed by atoms with Gasteiger partial charge in [-0.2, -0.15) is 0 Å². The molecule has 0 radical (unpaired) electrons. The number of amides is 3. The summed E-state index contributed by atoms with van der Waals surface area (Å²) in [6.45, 7) is 6.85. The Balaban J connectivity index is 1.85. The molecule has 2 heterocycles. The van der Waals surface area contributed by atoms with Gasteiger partial charge in [-0.3, -0.25) is 19.2 Å². The second kappa shape index (κ2) is 10.4. The van der Waals surface area contributed by atoms with Gasteiger partial charge >= 0.3 is 6.09 Å². The maximum atomic E-state index is 13.6. The first-order valence-electron chi connectivity index (χ1n) is 12.1. The van der Waals surface area contributed by atoms with Crippen LogP contribution in [0.25, 0.3) is 0 Å². The number of rotatable bonds is 3. The smallest absolute Gasteiger partial charge is 0.408 e. The lowest BCUT2D eigenvalue weighted by Gasteiger charge is -2.30. The number of fused-ring (bicyclic) bond motifs is 2. The highest BCUT2D eigenvalue weighted by Gasteiger charge is 2.59. The van der Waals surface area contributed by atoms with Gasteiger partial charge in [0.1, 0.15) is 23.2 Å². The average Bonchev–Trinajstić information content (AvgIpc) is 3.26. The lowest BCUT2D eigenvalue weighted by Crippen LogP contribution is -2.56. The number of ketones is 1. The van der Waals surface area contributed by atoms with Crippen molar-refractivity contribution >= 4 is 23.7 Å². The van der Waals surface area contributed by atoms with Crippen molar-refractivity contribution in [2.24, 2.45) is 11.8 Å². The highest BCUT2D eigenvalue weighted by atomic mass is 16.6. The van der Waals surface area contributed by atoms with E-state index in [-0.39, 0.29) is 30.6 Å². The van der Waals surface area contributed by atoms with Crippen LogP contribution in [0, 0.1) is 5.92 Å². The summed E-state index contributed by atoms with van der Waals surface area (Å²) in [6, 6.07) is -1.70. The van der Waals surface area contributed by atoms with Crippen molar-refractivity contribution in [1.82, 2.24) is 15.5 Å². The molecule has 34 heavy (non-hydrogen) atoms. The van der Waals surface area contributed by atoms with Gasteiger partial charge in [-0.05, 0) is 53.4 Å². The molecule has 1 aliphatic carbocycles. The molecule has 0 bridgehead atoms. The zero-order valence-corrected chi connectivity index (χ0v) is 20.6. The second-order valence-electron chi connectivity index (χ2n) is 10.6. The summed E-state index contributed by atoms with van der Waals surface area (Å²) < 4.78 is 5.36. The van der Waals surface area contributed by atoms with E-state index in [0.29, 0.717) is 12.8 Å². The average molecular weight is 479 g/mol. The molecular formula is C24H38N4O6. The van der Waals surface area contributed by atoms with Crippen molar-refractivity contribution in [3.63, 3.8) is 0 Å². The van der Waals surface area contributed by atoms with E-state index in [0.717, 1.165) is 25.7 Å². The van der Waals surface area contributed by atoms with Crippen LogP contribution in [0.3, 0.4) is 0 Å². The van der Waals surface area contributed by atoms with Gasteiger partial charge in [-0.15, -0.1) is 0 Å². The highest BCUT2D eigenvalue weighted by molar-refractivity contribution is 5.98. The van der Waals surface area contributed by atoms with Crippen LogP contribution >= 0.6 is 0 Å². The Bertz CT molecular complexity index is 838. The van der Waals surface area contributed by atoms with Crippen molar-refractivity contribution in [2.45, 2.75) is 102 Å². The predicted octanol–water partition coefficient (Wildman–Crippen LogP) is 1.72. The van der Waals surface area contributed by atoms with E-state index < -0.39 is 41.3 Å². The molecule has 0 aromatic rings. The Labute approximate surface area is 200 Å². The van der Waals surface area contributed by atoms with Gasteiger partial charge < -0.3 is 20.3 Å². The number of hydrogen-bond donors (Lipinski definition) is 3. The monoisotopic (exact) mass is 478 g/mol. The van der Waals surface area contributed by atoms with Gasteiger partial charge in [-0.1, -0.05) is 25.0 Å². The molecule has 0 aromatic carbocycles. The second-order valence-corrected chi connectivity index (χ2v) is 10.6. The van der Waals surface area contributed by atoms with Crippen LogP contribution in [0.15, 0.2) is 12.2 Å². The predicted molar refractivity (Wildman–Crippen MR) is 124 cm³/mol. The van der Waals surface area contributed by atoms with Gasteiger partial charge in [0.15, 0.2) is 5.78 Å². The van der Waals surface area contributed by atoms with Gasteiger partial charge in [0.25, 0.3) is 0 Å². The number of Topliss-reactive ketones (excluding diaryl/α,β-unsaturated/α-hetero) is 1. The van der Waals surface area contributed by atoms with E-state index in [2.05, 4.69) is 16.7 Å². The molecule has 1 saturated heterocycles. The molecular weight excluding hydrogens is 440 g/mol. The molecule has 3 rings (SSSR count). The normalized spacial score (nSPS) is 33.5. The third-order valence-corrected chi connectivity index (χ3v) is 6.75. The number of nitrogens with zero attached hydrogens (tertiary/aromatic N) is 1. The molecule has 1 unspecified atom stereocenters. The molecule has 2 fully saturated rings. The van der Waals surface area contributed by atoms with Crippen molar-refractivity contribution < 1.29 is 28.8 Å². The third-order valence-electron chi connectivity index (χ3n) is 6.75. The number of carbonyl (C=O) groups excluding carboxylic acids is 4. The Hall–Kier alpha value is -2.46. The summed E-state index contributed by atoms with van der Waals surface area (Å²) in [5, 5.41) is 5.61. The van der Waals surface area contributed by atoms with Crippen LogP contribution < -0.4 is 16.5 Å². The number of hydrogen-bond acceptors (Lipinski definition) is 7. The van der Waals surface area contributed by atoms with Crippen LogP contribution in [0.2, 0.25) is 0 Å². The fourth-order valence-electron chi connectivity index (χ4n) is 4.80. The van der Waals surface area contributed by atoms with Gasteiger partial charge in [0.05, 0.1) is 6.10 Å². The van der Waals surface area contributed by atoms with E-state index in [1.54, 1.807) is 20.8 Å². The molecule has 190 valence electrons. The van der Waals surface area contributed by atoms with Crippen LogP contribution in [-0.4, -0.2) is 64.5 Å². The van der Waals surface area contributed by atoms with Gasteiger partial charge in [-0.25, -0.2) is 10.7 Å². The Morgan fingerprint density at radius 3 is 2.62 bits per heavy atom. The summed E-state index contributed by atoms with van der Waals surface area (Å²) in [5.41, 5.74) is -1.64. The molecule has 0 aromatic heterocycles. The van der Waals surface area contributed by atoms with E-state index >= 15 is 0 Å². The molecule has 10 heteroatoms. The molecule has 5 atom stereocenters. The lowest BCUT2D eigenvalue weighted by molar-refractivity contribution is -0.141. The quantitative estimate of drug-likeness (QED) is 0.414. The van der Waals surface area contributed by atoms with E-state index in [4.69, 9.17) is 15.5 Å². The maximum absolute atomic E-state index is 13.6. The third kappa shape index (κ3) is 6.15. The first-order valence-corrected chi connectivity index (χ1v) is 12.1. The fraction of sp³-hybridized carbons (Fsp3) is 0.750. The summed E-state index contributed by atoms with van der Waals surface area (Å²) >= 11 is 0. The summed E-state index contributed by atoms with van der Waals surface area (Å²) in [6.07, 6.45) is 7.41. The number of nitrogens with two attached hydrogens (primary N) is 1. The number of allylic oxidation sites excluding steroid dienone is 1. The largest absolute Gasteiger partial charge is 0.444 e. The van der Waals surface area contributed by atoms with E-state index in [1.807, 2.05) is 6.08 Å². The summed E-state index contributed by atoms with van der Waals surface area (Å²) in [5.74, 6) is 4.45. The standard InChI is InChI=1S/C24H38N4O6/c1-15(29)24-13-16(24)10-8-6-5-7-9-11-18(26-22(32)33-23(2,3)4)21(31)28-14-17(34-25)12-19(28)20(30)27-24/h8,10,16-19H,5-7,9,11-14,25H2,1-4H3,(H,26,32)(H,27,30)/b10-8-/t16?,17-,18+,19+,24+/m1/s1. The number of ether oxygens (including phenoxy) is 1. The van der Waals surface area contributed by atoms with Crippen molar-refractivity contribution in [3.8, 4) is 0 Å². The van der Waals surface area contributed by atoms with Crippen LogP contribution in [-0.2, 0) is 24.0 Å². The Morgan fingerprint density at radius 1 is 1.24 bits per heavy atom. The lowest BCUT2D eigenvalue weighted by atomic mass is 10.0. The van der Waals surface area contributed by atoms with E-state index in [9.17, 15) is 19.2 Å². The molecule has 4 N–H and O–H groups in total. The Morgan fingerprint density at radius 2 is 1.97 bits per heavy atom. The van der Waals surface area contributed by atoms with Crippen LogP contribution in [0.5, 0.6) is 0 Å². The SMILES string of the molecule is CC(=O)[C@@]12CC1/C=C\CCCCC[C@H](NC(=O)OC(C)(C)C)C(=O)N1C[C@H](ON)C[C@H]1C(=O)N2. The maximum Gasteiger partial charge on any atom is 0.408 e. The zero-order chi connectivity index (χ0) is 25.1. The summed E-state index contributed by atoms with van der Waals surface area (Å²) in [4.78, 5) is 58.2. The minimum absolute atomic E-state index is 0.0484. The van der Waals surface area contributed by atoms with Crippen molar-refractivity contribution in [1.29, 1.82) is 0 Å². The topological polar surface area (TPSA) is 140 Å². The molecule has 0 spiro atoms. The van der Waals surface area contributed by atoms with Gasteiger partial charge in [0.2, 0.25) is 11.8 Å². The van der Waals surface area contributed by atoms with Crippen molar-refractivity contribution in [2.75, 3.05) is 6.54 Å². The molecule has 10 nitrogen and oxygen atoms in total. The number of nitrogens with one attached hydrogen (secondary N) is 2. The van der Waals surface area contributed by atoms with Crippen LogP contribution in [0.1, 0.15) is 72.6 Å². The molecule has 3 amide bonds. The fourth-order valence-corrected chi connectivity index (χ4v) is 4.80. The van der Waals surface area contributed by atoms with Crippen LogP contribution in [0.4, 0.5) is 4.79 Å². The zero-order valence-electron chi connectivity index (χ0n) is 20.6. The highest BCUT2D eigenvalue weighted by Crippen LogP contribution is 2.46. The summed E-state index contributed by atoms with van der Waals surface area (Å²) in [7, 11) is 0. The first-order chi connectivity index (χ1) is 16.0. The van der Waals surface area contributed by atoms with Crippen molar-refractivity contribution in [3.05, 3.63) is 12.2 Å². The molecule has 2 aliphatic heterocycles. The number of carbonyl (C=O) groups is 4. The van der Waals surface area contributed by atoms with Gasteiger partial charge in [0, 0.05) is 18.9 Å². The first kappa shape index (κ1) is 26.2. The molecule has 1 saturated carbocycles. The van der Waals surface area contributed by atoms with E-state index in [1.165, 1.54) is 11.8 Å².